The fraction of sp³-hybridized carbons (Fsp3) is 0.133. The second-order valence-electron chi connectivity index (χ2n) is 4.73. The van der Waals surface area contributed by atoms with Crippen LogP contribution in [0.15, 0.2) is 42.5 Å². The summed E-state index contributed by atoms with van der Waals surface area (Å²) in [7, 11) is 1.62. The molecule has 0 fully saturated rings. The highest BCUT2D eigenvalue weighted by molar-refractivity contribution is 6.06. The van der Waals surface area contributed by atoms with E-state index < -0.39 is 4.92 Å². The lowest BCUT2D eigenvalue weighted by molar-refractivity contribution is -0.383. The first-order valence-corrected chi connectivity index (χ1v) is 6.29. The largest absolute Gasteiger partial charge is 0.393 e. The normalized spacial score (nSPS) is 10.2. The maximum atomic E-state index is 12.4. The van der Waals surface area contributed by atoms with Gasteiger partial charge in [-0.1, -0.05) is 12.1 Å². The van der Waals surface area contributed by atoms with Crippen molar-refractivity contribution in [1.29, 1.82) is 0 Å². The molecule has 0 saturated heterocycles. The van der Waals surface area contributed by atoms with E-state index in [1.807, 2.05) is 25.1 Å². The molecule has 0 bridgehead atoms. The fourth-order valence-electron chi connectivity index (χ4n) is 1.98. The van der Waals surface area contributed by atoms with Gasteiger partial charge < -0.3 is 10.6 Å². The molecule has 6 heteroatoms. The molecule has 2 aromatic rings. The molecule has 6 nitrogen and oxygen atoms in total. The minimum Gasteiger partial charge on any atom is -0.393 e. The summed E-state index contributed by atoms with van der Waals surface area (Å²) in [4.78, 5) is 24.1. The topological polar surface area (TPSA) is 89.5 Å². The standard InChI is InChI=1S/C15H15N3O3/c1-10-4-3-5-12(8-10)17(2)15(19)11-6-7-13(16)14(9-11)18(20)21/h3-9H,16H2,1-2H3. The van der Waals surface area contributed by atoms with E-state index in [0.717, 1.165) is 11.3 Å². The smallest absolute Gasteiger partial charge is 0.292 e. The lowest BCUT2D eigenvalue weighted by atomic mass is 10.1. The molecule has 2 rings (SSSR count). The molecule has 0 aliphatic heterocycles. The van der Waals surface area contributed by atoms with Gasteiger partial charge in [-0.05, 0) is 36.8 Å². The maximum Gasteiger partial charge on any atom is 0.292 e. The first-order chi connectivity index (χ1) is 9.90. The summed E-state index contributed by atoms with van der Waals surface area (Å²) in [6.07, 6.45) is 0. The number of carbonyl (C=O) groups is 1. The number of rotatable bonds is 3. The molecule has 0 unspecified atom stereocenters. The van der Waals surface area contributed by atoms with Crippen molar-refractivity contribution < 1.29 is 9.72 Å². The molecule has 0 spiro atoms. The highest BCUT2D eigenvalue weighted by Crippen LogP contribution is 2.24. The van der Waals surface area contributed by atoms with Crippen molar-refractivity contribution in [3.05, 3.63) is 63.7 Å². The third-order valence-corrected chi connectivity index (χ3v) is 3.17. The van der Waals surface area contributed by atoms with Gasteiger partial charge in [-0.15, -0.1) is 0 Å². The number of nitrogen functional groups attached to an aromatic ring is 1. The van der Waals surface area contributed by atoms with Gasteiger partial charge in [0.15, 0.2) is 0 Å². The summed E-state index contributed by atoms with van der Waals surface area (Å²) < 4.78 is 0. The van der Waals surface area contributed by atoms with E-state index in [9.17, 15) is 14.9 Å². The van der Waals surface area contributed by atoms with Gasteiger partial charge in [0, 0.05) is 24.4 Å². The molecule has 21 heavy (non-hydrogen) atoms. The fourth-order valence-corrected chi connectivity index (χ4v) is 1.98. The van der Waals surface area contributed by atoms with Crippen LogP contribution in [0, 0.1) is 17.0 Å². The first kappa shape index (κ1) is 14.5. The van der Waals surface area contributed by atoms with Crippen LogP contribution >= 0.6 is 0 Å². The molecule has 0 aliphatic carbocycles. The van der Waals surface area contributed by atoms with Crippen LogP contribution in [-0.4, -0.2) is 17.9 Å². The van der Waals surface area contributed by atoms with E-state index in [1.165, 1.54) is 23.1 Å². The molecular weight excluding hydrogens is 270 g/mol. The Balaban J connectivity index is 2.36. The van der Waals surface area contributed by atoms with Gasteiger partial charge >= 0.3 is 0 Å². The lowest BCUT2D eigenvalue weighted by Gasteiger charge is -2.18. The van der Waals surface area contributed by atoms with Crippen molar-refractivity contribution in [2.75, 3.05) is 17.7 Å². The number of hydrogen-bond acceptors (Lipinski definition) is 4. The third-order valence-electron chi connectivity index (χ3n) is 3.17. The van der Waals surface area contributed by atoms with Crippen LogP contribution < -0.4 is 10.6 Å². The SMILES string of the molecule is Cc1cccc(N(C)C(=O)c2ccc(N)c([N+](=O)[O-])c2)c1. The molecule has 2 aromatic carbocycles. The van der Waals surface area contributed by atoms with Gasteiger partial charge in [-0.25, -0.2) is 0 Å². The summed E-state index contributed by atoms with van der Waals surface area (Å²) in [6, 6.07) is 11.5. The summed E-state index contributed by atoms with van der Waals surface area (Å²) in [5.74, 6) is -0.330. The zero-order chi connectivity index (χ0) is 15.6. The number of nitrogens with zero attached hydrogens (tertiary/aromatic N) is 2. The van der Waals surface area contributed by atoms with Crippen LogP contribution in [0.25, 0.3) is 0 Å². The van der Waals surface area contributed by atoms with Gasteiger partial charge in [0.2, 0.25) is 0 Å². The average molecular weight is 285 g/mol. The van der Waals surface area contributed by atoms with Crippen molar-refractivity contribution in [2.24, 2.45) is 0 Å². The van der Waals surface area contributed by atoms with E-state index in [0.29, 0.717) is 0 Å². The molecule has 0 saturated carbocycles. The van der Waals surface area contributed by atoms with E-state index in [1.54, 1.807) is 13.1 Å². The number of aryl methyl sites for hydroxylation is 1. The Morgan fingerprint density at radius 2 is 1.95 bits per heavy atom. The van der Waals surface area contributed by atoms with Crippen LogP contribution in [0.5, 0.6) is 0 Å². The summed E-state index contributed by atoms with van der Waals surface area (Å²) >= 11 is 0. The molecule has 0 aliphatic rings. The van der Waals surface area contributed by atoms with Crippen LogP contribution in [0.3, 0.4) is 0 Å². The van der Waals surface area contributed by atoms with Crippen molar-refractivity contribution in [3.63, 3.8) is 0 Å². The van der Waals surface area contributed by atoms with E-state index >= 15 is 0 Å². The average Bonchev–Trinajstić information content (AvgIpc) is 2.46. The second kappa shape index (κ2) is 5.62. The van der Waals surface area contributed by atoms with Gasteiger partial charge in [0.1, 0.15) is 5.69 Å². The van der Waals surface area contributed by atoms with Crippen molar-refractivity contribution in [1.82, 2.24) is 0 Å². The number of hydrogen-bond donors (Lipinski definition) is 1. The predicted octanol–water partition coefficient (Wildman–Crippen LogP) is 2.76. The lowest BCUT2D eigenvalue weighted by Crippen LogP contribution is -2.26. The molecule has 0 aromatic heterocycles. The highest BCUT2D eigenvalue weighted by Gasteiger charge is 2.19. The zero-order valence-corrected chi connectivity index (χ0v) is 11.7. The highest BCUT2D eigenvalue weighted by atomic mass is 16.6. The maximum absolute atomic E-state index is 12.4. The third kappa shape index (κ3) is 3.00. The number of nitro benzene ring substituents is 1. The van der Waals surface area contributed by atoms with Crippen molar-refractivity contribution in [3.8, 4) is 0 Å². The number of amides is 1. The molecule has 0 radical (unpaired) electrons. The van der Waals surface area contributed by atoms with Gasteiger partial charge in [0.05, 0.1) is 4.92 Å². The summed E-state index contributed by atoms with van der Waals surface area (Å²) in [5.41, 5.74) is 7.27. The quantitative estimate of drug-likeness (QED) is 0.533. The first-order valence-electron chi connectivity index (χ1n) is 6.29. The number of carbonyl (C=O) groups excluding carboxylic acids is 1. The number of anilines is 2. The predicted molar refractivity (Wildman–Crippen MR) is 81.4 cm³/mol. The number of nitrogens with two attached hydrogens (primary N) is 1. The van der Waals surface area contributed by atoms with Crippen molar-refractivity contribution in [2.45, 2.75) is 6.92 Å². The Hall–Kier alpha value is -2.89. The minimum atomic E-state index is -0.598. The minimum absolute atomic E-state index is 0.0368. The zero-order valence-electron chi connectivity index (χ0n) is 11.7. The summed E-state index contributed by atoms with van der Waals surface area (Å²) in [6.45, 7) is 1.93. The Kier molecular flexibility index (Phi) is 3.89. The van der Waals surface area contributed by atoms with E-state index in [4.69, 9.17) is 5.73 Å². The molecular formula is C15H15N3O3. The van der Waals surface area contributed by atoms with Gasteiger partial charge in [0.25, 0.3) is 11.6 Å². The van der Waals surface area contributed by atoms with Gasteiger partial charge in [-0.3, -0.25) is 14.9 Å². The molecule has 0 atom stereocenters. The van der Waals surface area contributed by atoms with Crippen LogP contribution in [0.2, 0.25) is 0 Å². The van der Waals surface area contributed by atoms with Crippen molar-refractivity contribution >= 4 is 23.0 Å². The Morgan fingerprint density at radius 1 is 1.24 bits per heavy atom. The molecule has 2 N–H and O–H groups in total. The number of nitro groups is 1. The van der Waals surface area contributed by atoms with E-state index in [2.05, 4.69) is 0 Å². The number of benzene rings is 2. The monoisotopic (exact) mass is 285 g/mol. The summed E-state index contributed by atoms with van der Waals surface area (Å²) in [5, 5.41) is 10.9. The van der Waals surface area contributed by atoms with Crippen LogP contribution in [-0.2, 0) is 0 Å². The Labute approximate surface area is 121 Å². The van der Waals surface area contributed by atoms with Crippen LogP contribution in [0.4, 0.5) is 17.1 Å². The molecule has 108 valence electrons. The van der Waals surface area contributed by atoms with Gasteiger partial charge in [-0.2, -0.15) is 0 Å². The molecule has 0 heterocycles. The molecule has 1 amide bonds. The Morgan fingerprint density at radius 3 is 2.57 bits per heavy atom. The second-order valence-corrected chi connectivity index (χ2v) is 4.73. The van der Waals surface area contributed by atoms with Crippen LogP contribution in [0.1, 0.15) is 15.9 Å². The Bertz CT molecular complexity index is 713. The van der Waals surface area contributed by atoms with E-state index in [-0.39, 0.29) is 22.8 Å².